The first kappa shape index (κ1) is 14.8. The van der Waals surface area contributed by atoms with Gasteiger partial charge in [-0.2, -0.15) is 0 Å². The lowest BCUT2D eigenvalue weighted by Gasteiger charge is -2.39. The van der Waals surface area contributed by atoms with E-state index < -0.39 is 0 Å². The Kier molecular flexibility index (Phi) is 5.26. The number of hydrogen-bond donors (Lipinski definition) is 1. The second kappa shape index (κ2) is 6.05. The Bertz CT molecular complexity index is 252. The number of carbonyl (C=O) groups is 1. The van der Waals surface area contributed by atoms with E-state index in [1.54, 1.807) is 0 Å². The van der Waals surface area contributed by atoms with Crippen molar-refractivity contribution in [1.82, 2.24) is 10.2 Å². The maximum atomic E-state index is 12.3. The van der Waals surface area contributed by atoms with Gasteiger partial charge >= 0.3 is 0 Å². The lowest BCUT2D eigenvalue weighted by Crippen LogP contribution is -2.46. The van der Waals surface area contributed by atoms with Crippen LogP contribution in [0.5, 0.6) is 0 Å². The van der Waals surface area contributed by atoms with Crippen LogP contribution in [0.3, 0.4) is 0 Å². The summed E-state index contributed by atoms with van der Waals surface area (Å²) in [6.45, 7) is 8.57. The third kappa shape index (κ3) is 3.85. The normalized spacial score (nSPS) is 25.2. The summed E-state index contributed by atoms with van der Waals surface area (Å²) in [6.07, 6.45) is 4.37. The first-order valence-corrected chi connectivity index (χ1v) is 6.58. The molecule has 2 heterocycles. The van der Waals surface area contributed by atoms with Gasteiger partial charge in [-0.25, -0.2) is 0 Å². The molecule has 1 amide bonds. The fourth-order valence-corrected chi connectivity index (χ4v) is 2.66. The summed E-state index contributed by atoms with van der Waals surface area (Å²) in [7, 11) is 0. The van der Waals surface area contributed by atoms with Crippen LogP contribution >= 0.6 is 12.4 Å². The van der Waals surface area contributed by atoms with E-state index in [4.69, 9.17) is 0 Å². The van der Waals surface area contributed by atoms with Crippen molar-refractivity contribution in [3.8, 4) is 0 Å². The van der Waals surface area contributed by atoms with Crippen molar-refractivity contribution >= 4 is 18.3 Å². The van der Waals surface area contributed by atoms with Crippen molar-refractivity contribution in [2.75, 3.05) is 26.2 Å². The standard InChI is InChI=1S/C13H24N2O.ClH/c1-13(2)5-9-15(10-6-13)12(16)11-3-7-14-8-4-11;/h11,14H,3-10H2,1-2H3;1H. The van der Waals surface area contributed by atoms with E-state index in [1.165, 1.54) is 0 Å². The number of carbonyl (C=O) groups excluding carboxylic acids is 1. The molecule has 100 valence electrons. The Morgan fingerprint density at radius 2 is 1.71 bits per heavy atom. The molecule has 2 rings (SSSR count). The molecule has 0 aromatic heterocycles. The highest BCUT2D eigenvalue weighted by molar-refractivity contribution is 5.85. The minimum Gasteiger partial charge on any atom is -0.342 e. The first-order chi connectivity index (χ1) is 7.58. The van der Waals surface area contributed by atoms with E-state index >= 15 is 0 Å². The first-order valence-electron chi connectivity index (χ1n) is 6.58. The monoisotopic (exact) mass is 260 g/mol. The zero-order valence-electron chi connectivity index (χ0n) is 11.0. The van der Waals surface area contributed by atoms with E-state index in [9.17, 15) is 4.79 Å². The molecule has 2 aliphatic rings. The van der Waals surface area contributed by atoms with E-state index in [2.05, 4.69) is 24.1 Å². The lowest BCUT2D eigenvalue weighted by molar-refractivity contribution is -0.138. The third-order valence-corrected chi connectivity index (χ3v) is 4.12. The van der Waals surface area contributed by atoms with E-state index in [-0.39, 0.29) is 12.4 Å². The van der Waals surface area contributed by atoms with Gasteiger partial charge in [-0.15, -0.1) is 12.4 Å². The van der Waals surface area contributed by atoms with Gasteiger partial charge < -0.3 is 10.2 Å². The van der Waals surface area contributed by atoms with Crippen molar-refractivity contribution < 1.29 is 4.79 Å². The Hall–Kier alpha value is -0.280. The molecule has 0 aromatic rings. The molecule has 2 saturated heterocycles. The summed E-state index contributed by atoms with van der Waals surface area (Å²) in [6, 6.07) is 0. The van der Waals surface area contributed by atoms with Crippen LogP contribution in [-0.4, -0.2) is 37.0 Å². The van der Waals surface area contributed by atoms with Gasteiger partial charge in [-0.3, -0.25) is 4.79 Å². The molecule has 17 heavy (non-hydrogen) atoms. The Labute approximate surface area is 111 Å². The molecule has 0 atom stereocenters. The van der Waals surface area contributed by atoms with Gasteiger partial charge in [0.1, 0.15) is 0 Å². The quantitative estimate of drug-likeness (QED) is 0.783. The number of nitrogens with zero attached hydrogens (tertiary/aromatic N) is 1. The lowest BCUT2D eigenvalue weighted by atomic mass is 9.82. The molecule has 2 fully saturated rings. The summed E-state index contributed by atoms with van der Waals surface area (Å²) in [4.78, 5) is 14.4. The largest absolute Gasteiger partial charge is 0.342 e. The molecule has 2 aliphatic heterocycles. The fraction of sp³-hybridized carbons (Fsp3) is 0.923. The number of halogens is 1. The van der Waals surface area contributed by atoms with Crippen molar-refractivity contribution in [2.24, 2.45) is 11.3 Å². The van der Waals surface area contributed by atoms with E-state index in [1.807, 2.05) is 0 Å². The number of likely N-dealkylation sites (tertiary alicyclic amines) is 1. The van der Waals surface area contributed by atoms with Crippen LogP contribution in [0.2, 0.25) is 0 Å². The highest BCUT2D eigenvalue weighted by Crippen LogP contribution is 2.30. The molecule has 0 spiro atoms. The molecule has 0 saturated carbocycles. The highest BCUT2D eigenvalue weighted by Gasteiger charge is 2.31. The van der Waals surface area contributed by atoms with Crippen molar-refractivity contribution in [3.05, 3.63) is 0 Å². The summed E-state index contributed by atoms with van der Waals surface area (Å²) < 4.78 is 0. The maximum Gasteiger partial charge on any atom is 0.225 e. The van der Waals surface area contributed by atoms with Crippen LogP contribution < -0.4 is 5.32 Å². The molecule has 4 heteroatoms. The van der Waals surface area contributed by atoms with Crippen LogP contribution in [0.15, 0.2) is 0 Å². The summed E-state index contributed by atoms with van der Waals surface area (Å²) in [5.74, 6) is 0.708. The predicted octanol–water partition coefficient (Wildman–Crippen LogP) is 2.06. The summed E-state index contributed by atoms with van der Waals surface area (Å²) >= 11 is 0. The minimum atomic E-state index is 0. The van der Waals surface area contributed by atoms with E-state index in [0.29, 0.717) is 17.2 Å². The molecule has 0 aliphatic carbocycles. The Balaban J connectivity index is 0.00000144. The fourth-order valence-electron chi connectivity index (χ4n) is 2.66. The predicted molar refractivity (Wildman–Crippen MR) is 72.4 cm³/mol. The minimum absolute atomic E-state index is 0. The van der Waals surface area contributed by atoms with Crippen molar-refractivity contribution in [3.63, 3.8) is 0 Å². The number of nitrogens with one attached hydrogen (secondary N) is 1. The molecular formula is C13H25ClN2O. The molecule has 0 radical (unpaired) electrons. The smallest absolute Gasteiger partial charge is 0.225 e. The molecule has 3 nitrogen and oxygen atoms in total. The van der Waals surface area contributed by atoms with Gasteiger partial charge in [0.2, 0.25) is 5.91 Å². The second-order valence-electron chi connectivity index (χ2n) is 6.01. The summed E-state index contributed by atoms with van der Waals surface area (Å²) in [5, 5.41) is 3.31. The van der Waals surface area contributed by atoms with Gasteiger partial charge in [0.15, 0.2) is 0 Å². The molecular weight excluding hydrogens is 236 g/mol. The summed E-state index contributed by atoms with van der Waals surface area (Å²) in [5.41, 5.74) is 0.435. The maximum absolute atomic E-state index is 12.3. The van der Waals surface area contributed by atoms with Crippen LogP contribution in [0.25, 0.3) is 0 Å². The van der Waals surface area contributed by atoms with Crippen LogP contribution in [0, 0.1) is 11.3 Å². The zero-order valence-corrected chi connectivity index (χ0v) is 11.8. The SMILES string of the molecule is CC1(C)CCN(C(=O)C2CCNCC2)CC1.Cl. The zero-order chi connectivity index (χ0) is 11.6. The number of rotatable bonds is 1. The van der Waals surface area contributed by atoms with Crippen LogP contribution in [-0.2, 0) is 4.79 Å². The second-order valence-corrected chi connectivity index (χ2v) is 6.01. The van der Waals surface area contributed by atoms with E-state index in [0.717, 1.165) is 51.9 Å². The molecule has 0 bridgehead atoms. The third-order valence-electron chi connectivity index (χ3n) is 4.12. The van der Waals surface area contributed by atoms with Gasteiger partial charge in [-0.05, 0) is 44.2 Å². The van der Waals surface area contributed by atoms with Gasteiger partial charge in [0.05, 0.1) is 0 Å². The average Bonchev–Trinajstić information content (AvgIpc) is 2.29. The van der Waals surface area contributed by atoms with Gasteiger partial charge in [0, 0.05) is 19.0 Å². The van der Waals surface area contributed by atoms with Gasteiger partial charge in [-0.1, -0.05) is 13.8 Å². The molecule has 0 aromatic carbocycles. The van der Waals surface area contributed by atoms with Gasteiger partial charge in [0.25, 0.3) is 0 Å². The number of hydrogen-bond acceptors (Lipinski definition) is 2. The number of amides is 1. The topological polar surface area (TPSA) is 32.3 Å². The molecule has 1 N–H and O–H groups in total. The Morgan fingerprint density at radius 3 is 2.24 bits per heavy atom. The van der Waals surface area contributed by atoms with Crippen molar-refractivity contribution in [1.29, 1.82) is 0 Å². The number of piperidine rings is 2. The highest BCUT2D eigenvalue weighted by atomic mass is 35.5. The van der Waals surface area contributed by atoms with Crippen LogP contribution in [0.4, 0.5) is 0 Å². The van der Waals surface area contributed by atoms with Crippen LogP contribution in [0.1, 0.15) is 39.5 Å². The Morgan fingerprint density at radius 1 is 1.18 bits per heavy atom. The van der Waals surface area contributed by atoms with Crippen molar-refractivity contribution in [2.45, 2.75) is 39.5 Å². The molecule has 0 unspecified atom stereocenters. The average molecular weight is 261 g/mol.